The molecule has 162 valence electrons. The number of nitrogens with zero attached hydrogens (tertiary/aromatic N) is 6. The van der Waals surface area contributed by atoms with Gasteiger partial charge >= 0.3 is 6.09 Å². The van der Waals surface area contributed by atoms with Crippen molar-refractivity contribution < 1.29 is 23.4 Å². The summed E-state index contributed by atoms with van der Waals surface area (Å²) in [6, 6.07) is 5.88. The third-order valence-corrected chi connectivity index (χ3v) is 4.45. The van der Waals surface area contributed by atoms with Crippen LogP contribution in [0.25, 0.3) is 5.69 Å². The van der Waals surface area contributed by atoms with E-state index in [-0.39, 0.29) is 24.2 Å². The molecule has 2 aromatic heterocycles. The predicted octanol–water partition coefficient (Wildman–Crippen LogP) is 1.42. The van der Waals surface area contributed by atoms with Gasteiger partial charge in [0.2, 0.25) is 11.8 Å². The van der Waals surface area contributed by atoms with E-state index >= 15 is 0 Å². The lowest BCUT2D eigenvalue weighted by Gasteiger charge is -2.26. The quantitative estimate of drug-likeness (QED) is 0.621. The molecule has 1 saturated heterocycles. The SMILES string of the molecule is Cc1nnn(-c2ccc(F)cc2)c1COc1cnc(OC(=O)NN2CCOCC2)cn1. The summed E-state index contributed by atoms with van der Waals surface area (Å²) in [7, 11) is 0. The van der Waals surface area contributed by atoms with E-state index in [1.54, 1.807) is 28.7 Å². The molecule has 11 nitrogen and oxygen atoms in total. The highest BCUT2D eigenvalue weighted by atomic mass is 19.1. The first-order valence-corrected chi connectivity index (χ1v) is 9.51. The highest BCUT2D eigenvalue weighted by Crippen LogP contribution is 2.16. The summed E-state index contributed by atoms with van der Waals surface area (Å²) in [4.78, 5) is 20.1. The summed E-state index contributed by atoms with van der Waals surface area (Å²) in [5.74, 6) is -0.0749. The van der Waals surface area contributed by atoms with Gasteiger partial charge in [0.05, 0.1) is 37.0 Å². The Hall–Kier alpha value is -3.64. The molecule has 0 bridgehead atoms. The number of aromatic nitrogens is 5. The summed E-state index contributed by atoms with van der Waals surface area (Å²) in [6.07, 6.45) is 1.98. The summed E-state index contributed by atoms with van der Waals surface area (Å²) in [5, 5.41) is 9.83. The van der Waals surface area contributed by atoms with Crippen molar-refractivity contribution in [3.8, 4) is 17.4 Å². The maximum Gasteiger partial charge on any atom is 0.428 e. The van der Waals surface area contributed by atoms with Crippen molar-refractivity contribution in [2.45, 2.75) is 13.5 Å². The lowest BCUT2D eigenvalue weighted by atomic mass is 10.3. The van der Waals surface area contributed by atoms with Gasteiger partial charge in [-0.3, -0.25) is 5.43 Å². The number of benzene rings is 1. The standard InChI is InChI=1S/C19H20FN7O4/c1-13-16(27(25-23-13)15-4-2-14(20)3-5-15)12-30-17-10-22-18(11-21-17)31-19(28)24-26-6-8-29-9-7-26/h2-5,10-11H,6-9,12H2,1H3,(H,24,28). The molecule has 1 aliphatic heterocycles. The molecular weight excluding hydrogens is 409 g/mol. The topological polar surface area (TPSA) is 117 Å². The number of aryl methyl sites for hydroxylation is 1. The Morgan fingerprint density at radius 3 is 2.58 bits per heavy atom. The summed E-state index contributed by atoms with van der Waals surface area (Å²) in [6.45, 7) is 4.15. The van der Waals surface area contributed by atoms with Crippen LogP contribution >= 0.6 is 0 Å². The molecule has 3 aromatic rings. The Morgan fingerprint density at radius 2 is 1.87 bits per heavy atom. The number of carbonyl (C=O) groups is 1. The number of hydrogen-bond donors (Lipinski definition) is 1. The lowest BCUT2D eigenvalue weighted by Crippen LogP contribution is -2.49. The molecule has 0 saturated carbocycles. The molecule has 0 aliphatic carbocycles. The van der Waals surface area contributed by atoms with E-state index in [0.717, 1.165) is 0 Å². The van der Waals surface area contributed by atoms with Crippen molar-refractivity contribution in [3.63, 3.8) is 0 Å². The van der Waals surface area contributed by atoms with Crippen LogP contribution in [0.4, 0.5) is 9.18 Å². The normalized spacial score (nSPS) is 14.3. The molecular formula is C19H20FN7O4. The Kier molecular flexibility index (Phi) is 6.29. The van der Waals surface area contributed by atoms with Crippen molar-refractivity contribution in [1.82, 2.24) is 35.4 Å². The minimum absolute atomic E-state index is 0.0345. The molecule has 0 spiro atoms. The summed E-state index contributed by atoms with van der Waals surface area (Å²) >= 11 is 0. The van der Waals surface area contributed by atoms with E-state index in [4.69, 9.17) is 14.2 Å². The van der Waals surface area contributed by atoms with Gasteiger partial charge in [-0.05, 0) is 31.2 Å². The fraction of sp³-hybridized carbons (Fsp3) is 0.316. The second-order valence-electron chi connectivity index (χ2n) is 6.59. The molecule has 1 fully saturated rings. The van der Waals surface area contributed by atoms with Crippen LogP contribution in [0.3, 0.4) is 0 Å². The van der Waals surface area contributed by atoms with Gasteiger partial charge in [-0.15, -0.1) is 5.10 Å². The number of halogens is 1. The van der Waals surface area contributed by atoms with E-state index in [0.29, 0.717) is 43.4 Å². The zero-order valence-corrected chi connectivity index (χ0v) is 16.7. The maximum absolute atomic E-state index is 13.2. The van der Waals surface area contributed by atoms with Crippen molar-refractivity contribution in [3.05, 3.63) is 53.9 Å². The van der Waals surface area contributed by atoms with Crippen molar-refractivity contribution in [1.29, 1.82) is 0 Å². The average molecular weight is 429 g/mol. The van der Waals surface area contributed by atoms with Crippen LogP contribution in [-0.2, 0) is 11.3 Å². The number of hydrogen-bond acceptors (Lipinski definition) is 9. The van der Waals surface area contributed by atoms with Gasteiger partial charge in [0.1, 0.15) is 18.1 Å². The van der Waals surface area contributed by atoms with Gasteiger partial charge in [0.25, 0.3) is 0 Å². The number of amides is 1. The Labute approximate surface area is 176 Å². The van der Waals surface area contributed by atoms with E-state index in [2.05, 4.69) is 25.7 Å². The molecule has 0 atom stereocenters. The van der Waals surface area contributed by atoms with Crippen LogP contribution in [-0.4, -0.2) is 62.4 Å². The molecule has 0 unspecified atom stereocenters. The number of morpholine rings is 1. The van der Waals surface area contributed by atoms with E-state index in [9.17, 15) is 9.18 Å². The molecule has 12 heteroatoms. The van der Waals surface area contributed by atoms with E-state index in [1.165, 1.54) is 24.5 Å². The van der Waals surface area contributed by atoms with Crippen LogP contribution < -0.4 is 14.9 Å². The number of carbonyl (C=O) groups excluding carboxylic acids is 1. The fourth-order valence-corrected chi connectivity index (χ4v) is 2.83. The van der Waals surface area contributed by atoms with E-state index in [1.807, 2.05) is 0 Å². The number of nitrogens with one attached hydrogen (secondary N) is 1. The third kappa shape index (κ3) is 5.29. The lowest BCUT2D eigenvalue weighted by molar-refractivity contribution is 0.0151. The first-order chi connectivity index (χ1) is 15.1. The van der Waals surface area contributed by atoms with Gasteiger partial charge in [-0.1, -0.05) is 5.21 Å². The van der Waals surface area contributed by atoms with Crippen LogP contribution in [0.15, 0.2) is 36.7 Å². The van der Waals surface area contributed by atoms with Gasteiger partial charge in [-0.25, -0.2) is 28.8 Å². The maximum atomic E-state index is 13.2. The minimum atomic E-state index is -0.658. The molecule has 31 heavy (non-hydrogen) atoms. The van der Waals surface area contributed by atoms with Gasteiger partial charge in [0, 0.05) is 13.1 Å². The molecule has 1 amide bonds. The highest BCUT2D eigenvalue weighted by Gasteiger charge is 2.16. The average Bonchev–Trinajstić information content (AvgIpc) is 3.15. The Bertz CT molecular complexity index is 1020. The molecule has 1 aliphatic rings. The van der Waals surface area contributed by atoms with Crippen LogP contribution in [0.1, 0.15) is 11.4 Å². The van der Waals surface area contributed by atoms with Crippen molar-refractivity contribution >= 4 is 6.09 Å². The predicted molar refractivity (Wildman–Crippen MR) is 104 cm³/mol. The first kappa shape index (κ1) is 20.6. The van der Waals surface area contributed by atoms with Crippen molar-refractivity contribution in [2.75, 3.05) is 26.3 Å². The largest absolute Gasteiger partial charge is 0.470 e. The van der Waals surface area contributed by atoms with E-state index < -0.39 is 6.09 Å². The summed E-state index contributed by atoms with van der Waals surface area (Å²) in [5.41, 5.74) is 4.61. The first-order valence-electron chi connectivity index (χ1n) is 9.51. The highest BCUT2D eigenvalue weighted by molar-refractivity contribution is 5.69. The second kappa shape index (κ2) is 9.45. The summed E-state index contributed by atoms with van der Waals surface area (Å²) < 4.78 is 30.7. The third-order valence-electron chi connectivity index (χ3n) is 4.45. The number of ether oxygens (including phenoxy) is 3. The molecule has 0 radical (unpaired) electrons. The number of rotatable bonds is 6. The zero-order chi connectivity index (χ0) is 21.6. The van der Waals surface area contributed by atoms with Crippen LogP contribution in [0.2, 0.25) is 0 Å². The van der Waals surface area contributed by atoms with Gasteiger partial charge in [0.15, 0.2) is 0 Å². The Morgan fingerprint density at radius 1 is 1.16 bits per heavy atom. The molecule has 1 N–H and O–H groups in total. The smallest absolute Gasteiger partial charge is 0.428 e. The van der Waals surface area contributed by atoms with Crippen LogP contribution in [0, 0.1) is 12.7 Å². The van der Waals surface area contributed by atoms with Crippen molar-refractivity contribution in [2.24, 2.45) is 0 Å². The molecule has 4 rings (SSSR count). The monoisotopic (exact) mass is 429 g/mol. The van der Waals surface area contributed by atoms with Gasteiger partial charge < -0.3 is 14.2 Å². The fourth-order valence-electron chi connectivity index (χ4n) is 2.83. The molecule has 3 heterocycles. The second-order valence-corrected chi connectivity index (χ2v) is 6.59. The zero-order valence-electron chi connectivity index (χ0n) is 16.7. The molecule has 1 aromatic carbocycles. The minimum Gasteiger partial charge on any atom is -0.470 e. The number of hydrazine groups is 1. The Balaban J connectivity index is 1.34. The van der Waals surface area contributed by atoms with Gasteiger partial charge in [-0.2, -0.15) is 0 Å². The van der Waals surface area contributed by atoms with Crippen LogP contribution in [0.5, 0.6) is 11.8 Å².